The van der Waals surface area contributed by atoms with E-state index in [-0.39, 0.29) is 5.56 Å². The van der Waals surface area contributed by atoms with Gasteiger partial charge in [-0.2, -0.15) is 0 Å². The van der Waals surface area contributed by atoms with Gasteiger partial charge in [-0.15, -0.1) is 0 Å². The first kappa shape index (κ1) is 12.0. The van der Waals surface area contributed by atoms with Gasteiger partial charge in [0.25, 0.3) is 6.43 Å². The Balaban J connectivity index is 3.01. The number of aliphatic hydroxyl groups excluding tert-OH is 1. The fourth-order valence-electron chi connectivity index (χ4n) is 1.21. The van der Waals surface area contributed by atoms with E-state index in [0.29, 0.717) is 0 Å². The normalized spacial score (nSPS) is 15.4. The zero-order valence-corrected chi connectivity index (χ0v) is 8.12. The van der Waals surface area contributed by atoms with Crippen molar-refractivity contribution in [3.05, 3.63) is 35.1 Å². The molecule has 2 unspecified atom stereocenters. The monoisotopic (exact) mass is 219 g/mol. The van der Waals surface area contributed by atoms with E-state index < -0.39 is 30.0 Å². The summed E-state index contributed by atoms with van der Waals surface area (Å²) in [6, 6.07) is 2.51. The maximum absolute atomic E-state index is 13.1. The summed E-state index contributed by atoms with van der Waals surface area (Å²) in [5, 5.41) is 9.47. The number of alkyl halides is 2. The smallest absolute Gasteiger partial charge is 0.266 e. The van der Waals surface area contributed by atoms with Crippen LogP contribution >= 0.6 is 0 Å². The highest BCUT2D eigenvalue weighted by atomic mass is 19.3. The predicted molar refractivity (Wildman–Crippen MR) is 50.0 cm³/mol. The van der Waals surface area contributed by atoms with Gasteiger partial charge in [-0.25, -0.2) is 13.2 Å². The maximum Gasteiger partial charge on any atom is 0.266 e. The Kier molecular flexibility index (Phi) is 3.71. The lowest BCUT2D eigenvalue weighted by Crippen LogP contribution is -2.24. The van der Waals surface area contributed by atoms with Gasteiger partial charge in [-0.05, 0) is 18.6 Å². The van der Waals surface area contributed by atoms with Crippen molar-refractivity contribution in [3.63, 3.8) is 0 Å². The molecule has 0 spiro atoms. The van der Waals surface area contributed by atoms with Crippen molar-refractivity contribution in [1.82, 2.24) is 0 Å². The van der Waals surface area contributed by atoms with Crippen molar-refractivity contribution in [1.29, 1.82) is 0 Å². The molecule has 15 heavy (non-hydrogen) atoms. The van der Waals surface area contributed by atoms with Crippen LogP contribution in [0.5, 0.6) is 0 Å². The minimum Gasteiger partial charge on any atom is -0.387 e. The number of nitrogens with two attached hydrogens (primary N) is 1. The quantitative estimate of drug-likeness (QED) is 0.818. The van der Waals surface area contributed by atoms with E-state index in [2.05, 4.69) is 0 Å². The molecule has 0 aliphatic heterocycles. The maximum atomic E-state index is 13.1. The lowest BCUT2D eigenvalue weighted by Gasteiger charge is -2.15. The second kappa shape index (κ2) is 4.63. The first-order valence-corrected chi connectivity index (χ1v) is 4.44. The van der Waals surface area contributed by atoms with Crippen molar-refractivity contribution in [3.8, 4) is 0 Å². The lowest BCUT2D eigenvalue weighted by atomic mass is 10.0. The van der Waals surface area contributed by atoms with Gasteiger partial charge in [0.2, 0.25) is 0 Å². The van der Waals surface area contributed by atoms with E-state index >= 15 is 0 Å². The van der Waals surface area contributed by atoms with E-state index in [1.54, 1.807) is 6.92 Å². The molecule has 0 heterocycles. The van der Waals surface area contributed by atoms with Crippen LogP contribution < -0.4 is 5.73 Å². The number of hydrogen-bond donors (Lipinski definition) is 2. The molecule has 1 aromatic carbocycles. The second-order valence-electron chi connectivity index (χ2n) is 3.39. The molecule has 0 amide bonds. The van der Waals surface area contributed by atoms with Gasteiger partial charge >= 0.3 is 0 Å². The molecule has 0 fully saturated rings. The van der Waals surface area contributed by atoms with E-state index in [1.807, 2.05) is 0 Å². The summed E-state index contributed by atoms with van der Waals surface area (Å²) in [7, 11) is 0. The van der Waals surface area contributed by atoms with Gasteiger partial charge in [0, 0.05) is 6.04 Å². The van der Waals surface area contributed by atoms with Crippen molar-refractivity contribution in [2.75, 3.05) is 0 Å². The fourth-order valence-corrected chi connectivity index (χ4v) is 1.21. The predicted octanol–water partition coefficient (Wildman–Crippen LogP) is 2.14. The topological polar surface area (TPSA) is 46.2 Å². The standard InChI is InChI=1S/C10H12F3NO/c1-5(14)9(15)6-2-3-7(10(12)13)8(11)4-6/h2-5,9-10,15H,14H2,1H3. The molecule has 0 aliphatic carbocycles. The van der Waals surface area contributed by atoms with Crippen molar-refractivity contribution >= 4 is 0 Å². The Morgan fingerprint density at radius 1 is 1.33 bits per heavy atom. The van der Waals surface area contributed by atoms with Crippen LogP contribution in [0.25, 0.3) is 0 Å². The number of hydrogen-bond acceptors (Lipinski definition) is 2. The highest BCUT2D eigenvalue weighted by Crippen LogP contribution is 2.25. The summed E-state index contributed by atoms with van der Waals surface area (Å²) in [5.41, 5.74) is 4.93. The van der Waals surface area contributed by atoms with Gasteiger partial charge in [-0.3, -0.25) is 0 Å². The molecule has 0 aromatic heterocycles. The van der Waals surface area contributed by atoms with E-state index in [9.17, 15) is 18.3 Å². The number of rotatable bonds is 3. The summed E-state index contributed by atoms with van der Waals surface area (Å²) < 4.78 is 37.5. The van der Waals surface area contributed by atoms with Crippen LogP contribution in [0.3, 0.4) is 0 Å². The van der Waals surface area contributed by atoms with Crippen molar-refractivity contribution in [2.24, 2.45) is 5.73 Å². The molecule has 5 heteroatoms. The van der Waals surface area contributed by atoms with Crippen LogP contribution in [-0.2, 0) is 0 Å². The Bertz CT molecular complexity index is 341. The van der Waals surface area contributed by atoms with E-state index in [4.69, 9.17) is 5.73 Å². The zero-order valence-electron chi connectivity index (χ0n) is 8.12. The molecule has 2 atom stereocenters. The van der Waals surface area contributed by atoms with Gasteiger partial charge < -0.3 is 10.8 Å². The van der Waals surface area contributed by atoms with Gasteiger partial charge in [-0.1, -0.05) is 12.1 Å². The summed E-state index contributed by atoms with van der Waals surface area (Å²) in [4.78, 5) is 0. The molecule has 0 aliphatic rings. The number of halogens is 3. The molecule has 84 valence electrons. The lowest BCUT2D eigenvalue weighted by molar-refractivity contribution is 0.143. The minimum atomic E-state index is -2.86. The SMILES string of the molecule is CC(N)C(O)c1ccc(C(F)F)c(F)c1. The molecule has 1 aromatic rings. The van der Waals surface area contributed by atoms with Gasteiger partial charge in [0.15, 0.2) is 0 Å². The molecular formula is C10H12F3NO. The molecule has 0 bridgehead atoms. The Morgan fingerprint density at radius 3 is 2.33 bits per heavy atom. The zero-order chi connectivity index (χ0) is 11.6. The molecule has 1 rings (SSSR count). The summed E-state index contributed by atoms with van der Waals surface area (Å²) in [5.74, 6) is -1.03. The van der Waals surface area contributed by atoms with Crippen LogP contribution in [0.15, 0.2) is 18.2 Å². The average molecular weight is 219 g/mol. The van der Waals surface area contributed by atoms with Crippen LogP contribution in [0.4, 0.5) is 13.2 Å². The molecule has 3 N–H and O–H groups in total. The molecule has 2 nitrogen and oxygen atoms in total. The van der Waals surface area contributed by atoms with Crippen LogP contribution in [0.2, 0.25) is 0 Å². The van der Waals surface area contributed by atoms with Crippen molar-refractivity contribution < 1.29 is 18.3 Å². The third-order valence-corrected chi connectivity index (χ3v) is 2.10. The number of aliphatic hydroxyl groups is 1. The Hall–Kier alpha value is -1.07. The van der Waals surface area contributed by atoms with E-state index in [0.717, 1.165) is 12.1 Å². The molecule has 0 saturated carbocycles. The first-order valence-electron chi connectivity index (χ1n) is 4.44. The minimum absolute atomic E-state index is 0.201. The Labute approximate surface area is 85.5 Å². The third-order valence-electron chi connectivity index (χ3n) is 2.10. The number of benzene rings is 1. The van der Waals surface area contributed by atoms with E-state index in [1.165, 1.54) is 6.07 Å². The second-order valence-corrected chi connectivity index (χ2v) is 3.39. The molecular weight excluding hydrogens is 207 g/mol. The largest absolute Gasteiger partial charge is 0.387 e. The molecule has 0 radical (unpaired) electrons. The average Bonchev–Trinajstić information content (AvgIpc) is 2.15. The Morgan fingerprint density at radius 2 is 1.93 bits per heavy atom. The highest BCUT2D eigenvalue weighted by molar-refractivity contribution is 5.27. The van der Waals surface area contributed by atoms with Crippen LogP contribution in [-0.4, -0.2) is 11.1 Å². The van der Waals surface area contributed by atoms with Gasteiger partial charge in [0.1, 0.15) is 5.82 Å². The first-order chi connectivity index (χ1) is 6.93. The highest BCUT2D eigenvalue weighted by Gasteiger charge is 2.17. The summed E-state index contributed by atoms with van der Waals surface area (Å²) >= 11 is 0. The fraction of sp³-hybridized carbons (Fsp3) is 0.400. The van der Waals surface area contributed by atoms with Crippen LogP contribution in [0.1, 0.15) is 30.6 Å². The molecule has 0 saturated heterocycles. The van der Waals surface area contributed by atoms with Crippen LogP contribution in [0, 0.1) is 5.82 Å². The van der Waals surface area contributed by atoms with Gasteiger partial charge in [0.05, 0.1) is 11.7 Å². The summed E-state index contributed by atoms with van der Waals surface area (Å²) in [6.07, 6.45) is -3.90. The third kappa shape index (κ3) is 2.70. The summed E-state index contributed by atoms with van der Waals surface area (Å²) in [6.45, 7) is 1.55. The van der Waals surface area contributed by atoms with Crippen molar-refractivity contribution in [2.45, 2.75) is 25.5 Å².